The van der Waals surface area contributed by atoms with E-state index < -0.39 is 12.1 Å². The zero-order valence-corrected chi connectivity index (χ0v) is 52.0. The van der Waals surface area contributed by atoms with Crippen molar-refractivity contribution in [1.82, 2.24) is 5.32 Å². The highest BCUT2D eigenvalue weighted by atomic mass is 16.5. The van der Waals surface area contributed by atoms with Gasteiger partial charge in [0.05, 0.1) is 25.4 Å². The number of hydrogen-bond acceptors (Lipinski definition) is 5. The van der Waals surface area contributed by atoms with Crippen LogP contribution in [0.1, 0.15) is 412 Å². The molecule has 0 bridgehead atoms. The minimum atomic E-state index is -0.662. The number of aliphatic hydroxyl groups is 2. The van der Waals surface area contributed by atoms with Crippen molar-refractivity contribution in [2.45, 2.75) is 424 Å². The van der Waals surface area contributed by atoms with Gasteiger partial charge in [-0.1, -0.05) is 373 Å². The van der Waals surface area contributed by atoms with Crippen LogP contribution in [0, 0.1) is 0 Å². The van der Waals surface area contributed by atoms with Gasteiger partial charge in [-0.15, -0.1) is 0 Å². The molecule has 2 unspecified atom stereocenters. The third-order valence-electron chi connectivity index (χ3n) is 16.9. The molecule has 0 saturated carbocycles. The molecular weight excluding hydrogens is 935 g/mol. The fraction of sp³-hybridized carbons (Fsp3) is 0.971. The molecule has 454 valence electrons. The lowest BCUT2D eigenvalue weighted by Crippen LogP contribution is -2.45. The maximum absolute atomic E-state index is 12.5. The minimum Gasteiger partial charge on any atom is -0.466 e. The summed E-state index contributed by atoms with van der Waals surface area (Å²) in [7, 11) is 0. The number of aliphatic hydroxyl groups excluding tert-OH is 2. The van der Waals surface area contributed by atoms with Gasteiger partial charge in [0.25, 0.3) is 0 Å². The highest BCUT2D eigenvalue weighted by Crippen LogP contribution is 2.20. The molecule has 1 amide bonds. The molecule has 6 heteroatoms. The summed E-state index contributed by atoms with van der Waals surface area (Å²) in [5.74, 6) is -0.00687. The zero-order valence-electron chi connectivity index (χ0n) is 52.0. The number of nitrogens with one attached hydrogen (secondary N) is 1. The topological polar surface area (TPSA) is 95.9 Å². The lowest BCUT2D eigenvalue weighted by atomic mass is 10.0. The molecule has 0 aromatic carbocycles. The smallest absolute Gasteiger partial charge is 0.305 e. The average Bonchev–Trinajstić information content (AvgIpc) is 3.42. The Morgan fingerprint density at radius 1 is 0.316 bits per heavy atom. The molecule has 0 aliphatic carbocycles. The maximum atomic E-state index is 12.5. The van der Waals surface area contributed by atoms with E-state index in [9.17, 15) is 19.8 Å². The summed E-state index contributed by atoms with van der Waals surface area (Å²) in [4.78, 5) is 24.6. The highest BCUT2D eigenvalue weighted by Gasteiger charge is 2.20. The normalized spacial score (nSPS) is 12.4. The second-order valence-electron chi connectivity index (χ2n) is 24.6. The number of carbonyl (C=O) groups excluding carboxylic acids is 2. The van der Waals surface area contributed by atoms with E-state index in [1.165, 1.54) is 340 Å². The van der Waals surface area contributed by atoms with Crippen LogP contribution in [0.5, 0.6) is 0 Å². The SMILES string of the molecule is CCCCCCCCCCCCCCCCCCCCCCC(O)C(CO)NC(=O)CCCCCCCCCCCCCCCCCCCCCCCCCCCCCCOC(=O)CCCCCCCCCCCCC. The van der Waals surface area contributed by atoms with Crippen LogP contribution in [-0.2, 0) is 14.3 Å². The number of carbonyl (C=O) groups is 2. The van der Waals surface area contributed by atoms with E-state index in [0.717, 1.165) is 38.5 Å². The number of hydrogen-bond donors (Lipinski definition) is 3. The summed E-state index contributed by atoms with van der Waals surface area (Å²) in [6.45, 7) is 5.00. The van der Waals surface area contributed by atoms with Crippen LogP contribution in [-0.4, -0.2) is 47.4 Å². The van der Waals surface area contributed by atoms with Crippen molar-refractivity contribution in [1.29, 1.82) is 0 Å². The van der Waals surface area contributed by atoms with Gasteiger partial charge in [-0.25, -0.2) is 0 Å². The molecule has 0 fully saturated rings. The van der Waals surface area contributed by atoms with Gasteiger partial charge in [-0.2, -0.15) is 0 Å². The summed E-state index contributed by atoms with van der Waals surface area (Å²) in [6, 6.07) is -0.538. The Kier molecular flexibility index (Phi) is 65.4. The second kappa shape index (κ2) is 66.4. The summed E-state index contributed by atoms with van der Waals surface area (Å²) >= 11 is 0. The lowest BCUT2D eigenvalue weighted by molar-refractivity contribution is -0.143. The third kappa shape index (κ3) is 62.1. The van der Waals surface area contributed by atoms with E-state index >= 15 is 0 Å². The number of ether oxygens (including phenoxy) is 1. The molecule has 0 aromatic heterocycles. The van der Waals surface area contributed by atoms with Crippen LogP contribution in [0.3, 0.4) is 0 Å². The summed E-state index contributed by atoms with van der Waals surface area (Å²) in [5, 5.41) is 23.4. The third-order valence-corrected chi connectivity index (χ3v) is 16.9. The van der Waals surface area contributed by atoms with Crippen molar-refractivity contribution in [2.24, 2.45) is 0 Å². The molecule has 2 atom stereocenters. The van der Waals surface area contributed by atoms with Crippen molar-refractivity contribution < 1.29 is 24.5 Å². The molecule has 0 rings (SSSR count). The molecule has 0 aliphatic rings. The predicted molar refractivity (Wildman–Crippen MR) is 334 cm³/mol. The minimum absolute atomic E-state index is 0.0197. The maximum Gasteiger partial charge on any atom is 0.305 e. The lowest BCUT2D eigenvalue weighted by Gasteiger charge is -2.22. The van der Waals surface area contributed by atoms with Crippen LogP contribution >= 0.6 is 0 Å². The molecule has 0 spiro atoms. The Labute approximate surface area is 476 Å². The first kappa shape index (κ1) is 74.9. The van der Waals surface area contributed by atoms with Gasteiger partial charge in [-0.3, -0.25) is 9.59 Å². The Hall–Kier alpha value is -1.14. The molecule has 6 nitrogen and oxygen atoms in total. The van der Waals surface area contributed by atoms with E-state index in [4.69, 9.17) is 4.74 Å². The predicted octanol–water partition coefficient (Wildman–Crippen LogP) is 22.6. The summed E-state index contributed by atoms with van der Waals surface area (Å²) in [5.41, 5.74) is 0. The first-order valence-corrected chi connectivity index (χ1v) is 35.3. The van der Waals surface area contributed by atoms with E-state index in [-0.39, 0.29) is 18.5 Å². The van der Waals surface area contributed by atoms with Gasteiger partial charge in [-0.05, 0) is 25.7 Å². The Balaban J connectivity index is 3.34. The van der Waals surface area contributed by atoms with Gasteiger partial charge in [0.1, 0.15) is 0 Å². The van der Waals surface area contributed by atoms with Gasteiger partial charge in [0.2, 0.25) is 5.91 Å². The largest absolute Gasteiger partial charge is 0.466 e. The number of unbranched alkanes of at least 4 members (excludes halogenated alkanes) is 56. The van der Waals surface area contributed by atoms with Crippen LogP contribution in [0.2, 0.25) is 0 Å². The summed E-state index contributed by atoms with van der Waals surface area (Å²) < 4.78 is 5.48. The highest BCUT2D eigenvalue weighted by molar-refractivity contribution is 5.76. The molecule has 76 heavy (non-hydrogen) atoms. The van der Waals surface area contributed by atoms with Crippen molar-refractivity contribution in [3.63, 3.8) is 0 Å². The molecule has 0 radical (unpaired) electrons. The number of rotatable bonds is 67. The number of esters is 1. The molecule has 3 N–H and O–H groups in total. The van der Waals surface area contributed by atoms with Crippen LogP contribution in [0.4, 0.5) is 0 Å². The Bertz CT molecular complexity index is 1100. The fourth-order valence-electron chi connectivity index (χ4n) is 11.5. The quantitative estimate of drug-likeness (QED) is 0.0417. The van der Waals surface area contributed by atoms with Crippen molar-refractivity contribution in [3.05, 3.63) is 0 Å². The van der Waals surface area contributed by atoms with Crippen LogP contribution < -0.4 is 5.32 Å². The van der Waals surface area contributed by atoms with Crippen LogP contribution in [0.25, 0.3) is 0 Å². The van der Waals surface area contributed by atoms with Crippen LogP contribution in [0.15, 0.2) is 0 Å². The first-order valence-electron chi connectivity index (χ1n) is 35.3. The van der Waals surface area contributed by atoms with E-state index in [2.05, 4.69) is 19.2 Å². The van der Waals surface area contributed by atoms with E-state index in [1.54, 1.807) is 0 Å². The first-order chi connectivity index (χ1) is 37.5. The van der Waals surface area contributed by atoms with Gasteiger partial charge in [0.15, 0.2) is 0 Å². The fourth-order valence-corrected chi connectivity index (χ4v) is 11.5. The Morgan fingerprint density at radius 2 is 0.539 bits per heavy atom. The molecule has 0 aliphatic heterocycles. The van der Waals surface area contributed by atoms with E-state index in [0.29, 0.717) is 25.9 Å². The van der Waals surface area contributed by atoms with Crippen molar-refractivity contribution >= 4 is 11.9 Å². The van der Waals surface area contributed by atoms with Gasteiger partial charge < -0.3 is 20.3 Å². The molecule has 0 aromatic rings. The molecular formula is C70H139NO5. The van der Waals surface area contributed by atoms with Crippen molar-refractivity contribution in [3.8, 4) is 0 Å². The standard InChI is InChI=1S/C70H139NO5/c1-3-5-7-9-11-13-15-16-17-18-19-30-33-36-39-43-46-50-54-58-62-68(73)67(66-72)71-69(74)63-59-55-51-47-44-40-37-34-31-28-26-24-22-20-21-23-25-27-29-32-35-38-41-45-49-53-57-61-65-76-70(75)64-60-56-52-48-42-14-12-10-8-6-4-2/h67-68,72-73H,3-66H2,1-2H3,(H,71,74). The summed E-state index contributed by atoms with van der Waals surface area (Å²) in [6.07, 6.45) is 80.1. The average molecular weight is 1070 g/mol. The van der Waals surface area contributed by atoms with Crippen molar-refractivity contribution in [2.75, 3.05) is 13.2 Å². The zero-order chi connectivity index (χ0) is 55.0. The Morgan fingerprint density at radius 3 is 0.803 bits per heavy atom. The number of amides is 1. The second-order valence-corrected chi connectivity index (χ2v) is 24.6. The van der Waals surface area contributed by atoms with E-state index in [1.807, 2.05) is 0 Å². The monoisotopic (exact) mass is 1070 g/mol. The molecule has 0 heterocycles. The van der Waals surface area contributed by atoms with Gasteiger partial charge in [0, 0.05) is 12.8 Å². The molecule has 0 saturated heterocycles. The van der Waals surface area contributed by atoms with Gasteiger partial charge >= 0.3 is 5.97 Å².